The summed E-state index contributed by atoms with van der Waals surface area (Å²) in [6.07, 6.45) is 9.99. The number of hydrogen-bond acceptors (Lipinski definition) is 6. The maximum absolute atomic E-state index is 12.7. The maximum Gasteiger partial charge on any atom is 0.289 e. The maximum atomic E-state index is 12.7. The molecule has 1 aliphatic carbocycles. The highest BCUT2D eigenvalue weighted by Crippen LogP contribution is 2.35. The normalized spacial score (nSPS) is 14.6. The minimum absolute atomic E-state index is 0.0263. The first kappa shape index (κ1) is 40.4. The molecular formula is C51H46Cl2N2O6. The van der Waals surface area contributed by atoms with Crippen LogP contribution in [0.5, 0.6) is 0 Å². The van der Waals surface area contributed by atoms with Gasteiger partial charge >= 0.3 is 0 Å². The number of fused-ring (bicyclic) bond motifs is 2. The molecule has 0 atom stereocenters. The summed E-state index contributed by atoms with van der Waals surface area (Å²) >= 11 is 12.7. The van der Waals surface area contributed by atoms with E-state index >= 15 is 0 Å². The molecule has 1 saturated carbocycles. The van der Waals surface area contributed by atoms with Gasteiger partial charge < -0.3 is 27.9 Å². The lowest BCUT2D eigenvalue weighted by Gasteiger charge is -2.25. The highest BCUT2D eigenvalue weighted by atomic mass is 35.5. The molecule has 2 fully saturated rings. The van der Waals surface area contributed by atoms with Crippen LogP contribution >= 0.6 is 23.2 Å². The van der Waals surface area contributed by atoms with Gasteiger partial charge in [-0.1, -0.05) is 103 Å². The van der Waals surface area contributed by atoms with E-state index in [0.29, 0.717) is 40.2 Å². The van der Waals surface area contributed by atoms with Gasteiger partial charge in [-0.15, -0.1) is 0 Å². The van der Waals surface area contributed by atoms with Crippen LogP contribution < -0.4 is 5.32 Å². The van der Waals surface area contributed by atoms with Crippen molar-refractivity contribution in [1.82, 2.24) is 10.2 Å². The monoisotopic (exact) mass is 852 g/mol. The number of carbonyl (C=O) groups is 2. The number of piperidine rings is 1. The zero-order valence-electron chi connectivity index (χ0n) is 33.8. The second kappa shape index (κ2) is 18.3. The molecule has 0 spiro atoms. The number of amides is 2. The molecule has 0 radical (unpaired) electrons. The summed E-state index contributed by atoms with van der Waals surface area (Å²) in [4.78, 5) is 27.1. The molecule has 2 amide bonds. The molecule has 4 aromatic heterocycles. The first-order valence-corrected chi connectivity index (χ1v) is 21.9. The molecule has 0 bridgehead atoms. The molecular weight excluding hydrogens is 807 g/mol. The molecule has 8 aromatic rings. The highest BCUT2D eigenvalue weighted by molar-refractivity contribution is 6.31. The highest BCUT2D eigenvalue weighted by Gasteiger charge is 2.23. The average molecular weight is 854 g/mol. The van der Waals surface area contributed by atoms with Crippen molar-refractivity contribution in [3.05, 3.63) is 166 Å². The number of nitrogens with one attached hydrogen (secondary N) is 1. The summed E-state index contributed by atoms with van der Waals surface area (Å²) in [5.41, 5.74) is 5.47. The number of likely N-dealkylation sites (tertiary alicyclic amines) is 1. The van der Waals surface area contributed by atoms with E-state index in [2.05, 4.69) is 5.32 Å². The molecule has 0 unspecified atom stereocenters. The van der Waals surface area contributed by atoms with E-state index in [9.17, 15) is 9.59 Å². The third-order valence-electron chi connectivity index (χ3n) is 11.5. The van der Waals surface area contributed by atoms with E-state index in [0.717, 1.165) is 100 Å². The molecule has 10 heteroatoms. The van der Waals surface area contributed by atoms with E-state index in [1.54, 1.807) is 12.1 Å². The van der Waals surface area contributed by atoms with Gasteiger partial charge in [-0.05, 0) is 92.8 Å². The van der Waals surface area contributed by atoms with Gasteiger partial charge in [0.25, 0.3) is 11.8 Å². The van der Waals surface area contributed by atoms with Crippen LogP contribution in [0, 0.1) is 0 Å². The third kappa shape index (κ3) is 9.51. The minimum atomic E-state index is -0.140. The predicted molar refractivity (Wildman–Crippen MR) is 240 cm³/mol. The number of rotatable bonds is 9. The quantitative estimate of drug-likeness (QED) is 0.155. The molecule has 1 saturated heterocycles. The molecule has 10 rings (SSSR count). The second-order valence-corrected chi connectivity index (χ2v) is 16.8. The van der Waals surface area contributed by atoms with Crippen molar-refractivity contribution in [2.24, 2.45) is 0 Å². The molecule has 5 heterocycles. The van der Waals surface area contributed by atoms with Gasteiger partial charge in [0.15, 0.2) is 11.5 Å². The van der Waals surface area contributed by atoms with Crippen LogP contribution in [0.3, 0.4) is 0 Å². The fraction of sp³-hybridized carbons (Fsp3) is 0.255. The van der Waals surface area contributed by atoms with Crippen molar-refractivity contribution >= 4 is 57.0 Å². The van der Waals surface area contributed by atoms with Crippen LogP contribution in [0.1, 0.15) is 95.1 Å². The Balaban J connectivity index is 0.000000156. The fourth-order valence-electron chi connectivity index (χ4n) is 8.44. The summed E-state index contributed by atoms with van der Waals surface area (Å²) < 4.78 is 24.2. The van der Waals surface area contributed by atoms with Gasteiger partial charge in [-0.3, -0.25) is 9.59 Å². The van der Waals surface area contributed by atoms with E-state index in [-0.39, 0.29) is 17.9 Å². The SMILES string of the molecule is O=C(NC1CCCCC1)c1ccc(Cc2cc(Cl)cc3cc(-c4ccccc4)oc23)o1.O=C(c1ccc(Cc2cc(Cl)cc3cc(-c4ccccc4)oc23)o1)N1CCCCC1. The number of carbonyl (C=O) groups excluding carboxylic acids is 2. The summed E-state index contributed by atoms with van der Waals surface area (Å²) in [5.74, 6) is 3.60. The molecule has 4 aromatic carbocycles. The van der Waals surface area contributed by atoms with Crippen molar-refractivity contribution < 1.29 is 27.3 Å². The minimum Gasteiger partial charge on any atom is -0.456 e. The van der Waals surface area contributed by atoms with Crippen molar-refractivity contribution in [3.8, 4) is 22.6 Å². The number of nitrogens with zero attached hydrogens (tertiary/aromatic N) is 1. The second-order valence-electron chi connectivity index (χ2n) is 16.0. The number of benzene rings is 4. The zero-order chi connectivity index (χ0) is 41.7. The van der Waals surface area contributed by atoms with Gasteiger partial charge in [-0.25, -0.2) is 0 Å². The van der Waals surface area contributed by atoms with Crippen LogP contribution in [-0.2, 0) is 12.8 Å². The average Bonchev–Trinajstić information content (AvgIpc) is 4.12. The molecule has 61 heavy (non-hydrogen) atoms. The lowest BCUT2D eigenvalue weighted by atomic mass is 9.95. The summed E-state index contributed by atoms with van der Waals surface area (Å²) in [6, 6.07) is 39.1. The van der Waals surface area contributed by atoms with Crippen molar-refractivity contribution in [1.29, 1.82) is 0 Å². The molecule has 1 N–H and O–H groups in total. The Morgan fingerprint density at radius 1 is 0.557 bits per heavy atom. The molecule has 1 aliphatic heterocycles. The van der Waals surface area contributed by atoms with Crippen LogP contribution in [0.25, 0.3) is 44.6 Å². The van der Waals surface area contributed by atoms with E-state index in [1.807, 2.05) is 114 Å². The smallest absolute Gasteiger partial charge is 0.289 e. The van der Waals surface area contributed by atoms with Gasteiger partial charge in [0, 0.05) is 75.0 Å². The van der Waals surface area contributed by atoms with Gasteiger partial charge in [-0.2, -0.15) is 0 Å². The Bertz CT molecular complexity index is 2770. The van der Waals surface area contributed by atoms with Crippen molar-refractivity contribution in [2.75, 3.05) is 13.1 Å². The first-order valence-electron chi connectivity index (χ1n) is 21.2. The first-order chi connectivity index (χ1) is 29.8. The van der Waals surface area contributed by atoms with Crippen LogP contribution in [0.4, 0.5) is 0 Å². The lowest BCUT2D eigenvalue weighted by Crippen LogP contribution is -2.35. The summed E-state index contributed by atoms with van der Waals surface area (Å²) in [5, 5.41) is 6.29. The Hall–Kier alpha value is -5.96. The van der Waals surface area contributed by atoms with Crippen LogP contribution in [0.2, 0.25) is 10.0 Å². The Kier molecular flexibility index (Phi) is 12.2. The molecule has 8 nitrogen and oxygen atoms in total. The van der Waals surface area contributed by atoms with Crippen LogP contribution in [0.15, 0.2) is 139 Å². The fourth-order valence-corrected chi connectivity index (χ4v) is 8.94. The van der Waals surface area contributed by atoms with Crippen molar-refractivity contribution in [3.63, 3.8) is 0 Å². The van der Waals surface area contributed by atoms with E-state index in [4.69, 9.17) is 40.9 Å². The number of furan rings is 4. The standard InChI is InChI=1S/C26H24ClNO3.C25H22ClNO3/c27-20-13-18(25-19(14-20)16-24(31-25)17-7-3-1-4-8-17)15-22-11-12-23(30-22)26(29)28-21-9-5-2-6-10-21;26-20-13-18(24-19(14-20)16-23(30-24)17-7-3-1-4-8-17)15-21-9-10-22(29-21)25(28)27-11-5-2-6-12-27/h1,3-4,7-8,11-14,16,21H,2,5-6,9-10,15H2,(H,28,29);1,3-4,7-10,13-14,16H,2,5-6,11-12,15H2. The third-order valence-corrected chi connectivity index (χ3v) is 11.9. The van der Waals surface area contributed by atoms with E-state index in [1.165, 1.54) is 25.7 Å². The summed E-state index contributed by atoms with van der Waals surface area (Å²) in [7, 11) is 0. The van der Waals surface area contributed by atoms with E-state index < -0.39 is 0 Å². The number of halogens is 2. The van der Waals surface area contributed by atoms with Gasteiger partial charge in [0.05, 0.1) is 0 Å². The van der Waals surface area contributed by atoms with Gasteiger partial charge in [0.1, 0.15) is 34.2 Å². The predicted octanol–water partition coefficient (Wildman–Crippen LogP) is 13.6. The largest absolute Gasteiger partial charge is 0.456 e. The Morgan fingerprint density at radius 3 is 1.59 bits per heavy atom. The topological polar surface area (TPSA) is 102 Å². The zero-order valence-corrected chi connectivity index (χ0v) is 35.3. The number of hydrogen-bond donors (Lipinski definition) is 1. The Labute approximate surface area is 364 Å². The molecule has 310 valence electrons. The molecule has 2 aliphatic rings. The van der Waals surface area contributed by atoms with Crippen molar-refractivity contribution in [2.45, 2.75) is 70.3 Å². The van der Waals surface area contributed by atoms with Gasteiger partial charge in [0.2, 0.25) is 0 Å². The lowest BCUT2D eigenvalue weighted by molar-refractivity contribution is 0.0690. The Morgan fingerprint density at radius 2 is 1.05 bits per heavy atom. The summed E-state index contributed by atoms with van der Waals surface area (Å²) in [6.45, 7) is 1.61. The van der Waals surface area contributed by atoms with Crippen LogP contribution in [-0.4, -0.2) is 35.8 Å².